The SMILES string of the molecule is COc1ccc(CC(OC(C)C)C(=O)O)cc1CCOC(=O)Nc1ccc(C)cc1. The average Bonchev–Trinajstić information content (AvgIpc) is 2.69. The fourth-order valence-corrected chi connectivity index (χ4v) is 2.94. The largest absolute Gasteiger partial charge is 0.496 e. The highest BCUT2D eigenvalue weighted by molar-refractivity contribution is 5.84. The van der Waals surface area contributed by atoms with E-state index in [4.69, 9.17) is 14.2 Å². The summed E-state index contributed by atoms with van der Waals surface area (Å²) >= 11 is 0. The van der Waals surface area contributed by atoms with E-state index in [-0.39, 0.29) is 19.1 Å². The molecule has 0 saturated carbocycles. The van der Waals surface area contributed by atoms with E-state index in [1.165, 1.54) is 0 Å². The minimum atomic E-state index is -1.00. The smallest absolute Gasteiger partial charge is 0.411 e. The molecular weight excluding hydrogens is 386 g/mol. The van der Waals surface area contributed by atoms with Crippen LogP contribution in [0.25, 0.3) is 0 Å². The van der Waals surface area contributed by atoms with Gasteiger partial charge in [-0.05, 0) is 50.1 Å². The van der Waals surface area contributed by atoms with Gasteiger partial charge in [0.2, 0.25) is 0 Å². The van der Waals surface area contributed by atoms with Crippen LogP contribution >= 0.6 is 0 Å². The standard InChI is InChI=1S/C23H29NO6/c1-15(2)30-21(22(25)26)14-17-7-10-20(28-4)18(13-17)11-12-29-23(27)24-19-8-5-16(3)6-9-19/h5-10,13,15,21H,11-12,14H2,1-4H3,(H,24,27)(H,25,26). The normalized spacial score (nSPS) is 11.8. The van der Waals surface area contributed by atoms with E-state index in [1.54, 1.807) is 39.2 Å². The number of ether oxygens (including phenoxy) is 3. The molecule has 0 aliphatic rings. The molecule has 7 heteroatoms. The summed E-state index contributed by atoms with van der Waals surface area (Å²) in [5.41, 5.74) is 3.40. The van der Waals surface area contributed by atoms with Crippen molar-refractivity contribution in [3.8, 4) is 5.75 Å². The number of carboxylic acids is 1. The Morgan fingerprint density at radius 2 is 1.80 bits per heavy atom. The summed E-state index contributed by atoms with van der Waals surface area (Å²) in [7, 11) is 1.56. The van der Waals surface area contributed by atoms with Crippen LogP contribution < -0.4 is 10.1 Å². The first-order chi connectivity index (χ1) is 14.3. The number of nitrogens with one attached hydrogen (secondary N) is 1. The van der Waals surface area contributed by atoms with E-state index in [9.17, 15) is 14.7 Å². The van der Waals surface area contributed by atoms with Crippen LogP contribution in [-0.4, -0.2) is 43.1 Å². The maximum absolute atomic E-state index is 12.0. The number of rotatable bonds is 10. The topological polar surface area (TPSA) is 94.1 Å². The first-order valence-electron chi connectivity index (χ1n) is 9.83. The van der Waals surface area contributed by atoms with E-state index in [0.717, 1.165) is 16.7 Å². The van der Waals surface area contributed by atoms with Gasteiger partial charge in [-0.3, -0.25) is 5.32 Å². The maximum atomic E-state index is 12.0. The van der Waals surface area contributed by atoms with E-state index in [2.05, 4.69) is 5.32 Å². The molecule has 2 N–H and O–H groups in total. The van der Waals surface area contributed by atoms with Crippen molar-refractivity contribution in [1.82, 2.24) is 0 Å². The van der Waals surface area contributed by atoms with Crippen LogP contribution in [0.15, 0.2) is 42.5 Å². The van der Waals surface area contributed by atoms with Crippen molar-refractivity contribution < 1.29 is 28.9 Å². The van der Waals surface area contributed by atoms with Crippen LogP contribution in [0.4, 0.5) is 10.5 Å². The lowest BCUT2D eigenvalue weighted by molar-refractivity contribution is -0.153. The minimum absolute atomic E-state index is 0.155. The lowest BCUT2D eigenvalue weighted by Gasteiger charge is -2.17. The molecule has 2 aromatic carbocycles. The Balaban J connectivity index is 1.96. The monoisotopic (exact) mass is 415 g/mol. The molecule has 0 bridgehead atoms. The molecule has 0 saturated heterocycles. The van der Waals surface area contributed by atoms with Gasteiger partial charge in [-0.2, -0.15) is 0 Å². The van der Waals surface area contributed by atoms with E-state index < -0.39 is 18.2 Å². The highest BCUT2D eigenvalue weighted by Gasteiger charge is 2.20. The summed E-state index contributed by atoms with van der Waals surface area (Å²) in [6.07, 6.45) is -0.988. The van der Waals surface area contributed by atoms with Crippen molar-refractivity contribution in [2.75, 3.05) is 19.0 Å². The number of amides is 1. The number of anilines is 1. The predicted octanol–water partition coefficient (Wildman–Crippen LogP) is 4.22. The zero-order valence-corrected chi connectivity index (χ0v) is 17.8. The summed E-state index contributed by atoms with van der Waals surface area (Å²) in [6.45, 7) is 5.72. The van der Waals surface area contributed by atoms with Crippen LogP contribution in [0.5, 0.6) is 5.75 Å². The Morgan fingerprint density at radius 1 is 1.10 bits per heavy atom. The maximum Gasteiger partial charge on any atom is 0.411 e. The summed E-state index contributed by atoms with van der Waals surface area (Å²) in [5, 5.41) is 12.1. The highest BCUT2D eigenvalue weighted by Crippen LogP contribution is 2.22. The van der Waals surface area contributed by atoms with E-state index in [1.807, 2.05) is 31.2 Å². The van der Waals surface area contributed by atoms with E-state index >= 15 is 0 Å². The molecule has 0 aliphatic heterocycles. The summed E-state index contributed by atoms with van der Waals surface area (Å²) in [4.78, 5) is 23.4. The summed E-state index contributed by atoms with van der Waals surface area (Å²) < 4.78 is 16.1. The van der Waals surface area contributed by atoms with Gasteiger partial charge in [0.05, 0.1) is 19.8 Å². The molecule has 0 spiro atoms. The molecule has 0 aliphatic carbocycles. The Bertz CT molecular complexity index is 847. The fraction of sp³-hybridized carbons (Fsp3) is 0.391. The van der Waals surface area contributed by atoms with E-state index in [0.29, 0.717) is 17.9 Å². The van der Waals surface area contributed by atoms with Crippen molar-refractivity contribution in [1.29, 1.82) is 0 Å². The molecule has 1 amide bonds. The third-order valence-electron chi connectivity index (χ3n) is 4.38. The van der Waals surface area contributed by atoms with Crippen molar-refractivity contribution in [2.24, 2.45) is 0 Å². The molecule has 1 atom stereocenters. The Hall–Kier alpha value is -3.06. The third kappa shape index (κ3) is 7.40. The van der Waals surface area contributed by atoms with Crippen LogP contribution in [0.1, 0.15) is 30.5 Å². The lowest BCUT2D eigenvalue weighted by atomic mass is 10.0. The average molecular weight is 415 g/mol. The second kappa shape index (κ2) is 11.2. The molecular formula is C23H29NO6. The number of methoxy groups -OCH3 is 1. The van der Waals surface area contributed by atoms with Gasteiger partial charge in [-0.15, -0.1) is 0 Å². The molecule has 2 aromatic rings. The number of carbonyl (C=O) groups is 2. The number of carbonyl (C=O) groups excluding carboxylic acids is 1. The van der Waals surface area contributed by atoms with Crippen LogP contribution in [0, 0.1) is 6.92 Å². The molecule has 30 heavy (non-hydrogen) atoms. The first kappa shape index (κ1) is 23.2. The van der Waals surface area contributed by atoms with Crippen molar-refractivity contribution >= 4 is 17.7 Å². The molecule has 7 nitrogen and oxygen atoms in total. The summed E-state index contributed by atoms with van der Waals surface area (Å²) in [6, 6.07) is 12.9. The third-order valence-corrected chi connectivity index (χ3v) is 4.38. The number of hydrogen-bond acceptors (Lipinski definition) is 5. The molecule has 0 radical (unpaired) electrons. The molecule has 0 fully saturated rings. The number of hydrogen-bond donors (Lipinski definition) is 2. The Labute approximate surface area is 177 Å². The highest BCUT2D eigenvalue weighted by atomic mass is 16.5. The first-order valence-corrected chi connectivity index (χ1v) is 9.83. The fourth-order valence-electron chi connectivity index (χ4n) is 2.94. The van der Waals surface area contributed by atoms with Gasteiger partial charge in [0.15, 0.2) is 6.10 Å². The lowest BCUT2D eigenvalue weighted by Crippen LogP contribution is -2.29. The van der Waals surface area contributed by atoms with Crippen molar-refractivity contribution in [3.05, 3.63) is 59.2 Å². The van der Waals surface area contributed by atoms with Gasteiger partial charge in [0.25, 0.3) is 0 Å². The van der Waals surface area contributed by atoms with Gasteiger partial charge in [0, 0.05) is 18.5 Å². The van der Waals surface area contributed by atoms with Crippen LogP contribution in [0.2, 0.25) is 0 Å². The van der Waals surface area contributed by atoms with Gasteiger partial charge in [-0.1, -0.05) is 29.8 Å². The van der Waals surface area contributed by atoms with Gasteiger partial charge in [-0.25, -0.2) is 9.59 Å². The molecule has 0 heterocycles. The molecule has 162 valence electrons. The second-order valence-corrected chi connectivity index (χ2v) is 7.24. The number of benzene rings is 2. The Morgan fingerprint density at radius 3 is 2.40 bits per heavy atom. The second-order valence-electron chi connectivity index (χ2n) is 7.24. The predicted molar refractivity (Wildman–Crippen MR) is 114 cm³/mol. The Kier molecular flexibility index (Phi) is 8.68. The quantitative estimate of drug-likeness (QED) is 0.604. The molecule has 2 rings (SSSR count). The summed E-state index contributed by atoms with van der Waals surface area (Å²) in [5.74, 6) is -0.352. The van der Waals surface area contributed by atoms with Crippen LogP contribution in [-0.2, 0) is 27.1 Å². The minimum Gasteiger partial charge on any atom is -0.496 e. The number of carboxylic acid groups (broad SMARTS) is 1. The molecule has 0 aromatic heterocycles. The van der Waals surface area contributed by atoms with Crippen LogP contribution in [0.3, 0.4) is 0 Å². The van der Waals surface area contributed by atoms with Gasteiger partial charge < -0.3 is 19.3 Å². The van der Waals surface area contributed by atoms with Crippen molar-refractivity contribution in [2.45, 2.75) is 45.8 Å². The van der Waals surface area contributed by atoms with Gasteiger partial charge in [0.1, 0.15) is 5.75 Å². The van der Waals surface area contributed by atoms with Crippen molar-refractivity contribution in [3.63, 3.8) is 0 Å². The molecule has 1 unspecified atom stereocenters. The number of aryl methyl sites for hydroxylation is 1. The zero-order chi connectivity index (χ0) is 22.1. The zero-order valence-electron chi connectivity index (χ0n) is 17.8. The number of aliphatic carboxylic acids is 1. The van der Waals surface area contributed by atoms with Gasteiger partial charge >= 0.3 is 12.1 Å².